The maximum Gasteiger partial charge on any atom is 0.114 e. The molecule has 0 amide bonds. The quantitative estimate of drug-likeness (QED) is 0.726. The third-order valence-electron chi connectivity index (χ3n) is 2.43. The topological polar surface area (TPSA) is 58.0 Å². The molecule has 5 heteroatoms. The molecule has 0 aliphatic heterocycles. The third-order valence-corrected chi connectivity index (χ3v) is 3.34. The molecule has 0 fully saturated rings. The lowest BCUT2D eigenvalue weighted by Gasteiger charge is -2.31. The Hall–Kier alpha value is -0.650. The average molecular weight is 255 g/mol. The minimum absolute atomic E-state index is 0.145. The van der Waals surface area contributed by atoms with Crippen LogP contribution < -0.4 is 5.32 Å². The van der Waals surface area contributed by atoms with Crippen molar-refractivity contribution >= 4 is 11.8 Å². The van der Waals surface area contributed by atoms with E-state index in [9.17, 15) is 5.11 Å². The number of aliphatic hydroxyl groups excluding tert-OH is 1. The smallest absolute Gasteiger partial charge is 0.114 e. The maximum atomic E-state index is 9.43. The van der Waals surface area contributed by atoms with Gasteiger partial charge in [0.1, 0.15) is 5.03 Å². The van der Waals surface area contributed by atoms with Crippen LogP contribution in [0.25, 0.3) is 0 Å². The third kappa shape index (κ3) is 5.48. The fourth-order valence-corrected chi connectivity index (χ4v) is 2.67. The molecule has 17 heavy (non-hydrogen) atoms. The number of aliphatic hydroxyl groups is 1. The molecular weight excluding hydrogens is 234 g/mol. The molecule has 1 rings (SSSR count). The molecule has 4 nitrogen and oxygen atoms in total. The van der Waals surface area contributed by atoms with Gasteiger partial charge in [0, 0.05) is 29.7 Å². The van der Waals surface area contributed by atoms with Crippen molar-refractivity contribution in [3.05, 3.63) is 18.6 Å². The zero-order chi connectivity index (χ0) is 12.7. The fourth-order valence-electron chi connectivity index (χ4n) is 1.63. The number of aromatic nitrogens is 2. The first-order chi connectivity index (χ1) is 8.06. The minimum atomic E-state index is -0.219. The molecule has 96 valence electrons. The van der Waals surface area contributed by atoms with Gasteiger partial charge in [-0.05, 0) is 13.3 Å². The molecule has 0 saturated carbocycles. The van der Waals surface area contributed by atoms with Crippen LogP contribution in [0.2, 0.25) is 0 Å². The summed E-state index contributed by atoms with van der Waals surface area (Å²) in [6, 6.07) is 0.369. The molecule has 1 aromatic heterocycles. The first-order valence-corrected chi connectivity index (χ1v) is 6.82. The number of nitrogens with one attached hydrogen (secondary N) is 1. The van der Waals surface area contributed by atoms with E-state index < -0.39 is 0 Å². The zero-order valence-electron chi connectivity index (χ0n) is 10.7. The lowest BCUT2D eigenvalue weighted by Crippen LogP contribution is -2.49. The molecule has 1 aromatic rings. The summed E-state index contributed by atoms with van der Waals surface area (Å²) >= 11 is 1.67. The van der Waals surface area contributed by atoms with Crippen molar-refractivity contribution in [2.24, 2.45) is 0 Å². The molecule has 0 aliphatic rings. The van der Waals surface area contributed by atoms with Crippen LogP contribution in [0, 0.1) is 0 Å². The number of hydrogen-bond acceptors (Lipinski definition) is 5. The van der Waals surface area contributed by atoms with E-state index in [1.807, 2.05) is 6.92 Å². The predicted molar refractivity (Wildman–Crippen MR) is 71.1 cm³/mol. The first kappa shape index (κ1) is 14.4. The molecule has 0 spiro atoms. The van der Waals surface area contributed by atoms with Crippen LogP contribution in [-0.4, -0.2) is 39.0 Å². The summed E-state index contributed by atoms with van der Waals surface area (Å²) in [5, 5.41) is 13.8. The highest BCUT2D eigenvalue weighted by Crippen LogP contribution is 2.19. The molecule has 0 aromatic carbocycles. The van der Waals surface area contributed by atoms with Gasteiger partial charge in [0.15, 0.2) is 0 Å². The van der Waals surface area contributed by atoms with Crippen molar-refractivity contribution < 1.29 is 5.11 Å². The van der Waals surface area contributed by atoms with Crippen LogP contribution in [0.5, 0.6) is 0 Å². The fraction of sp³-hybridized carbons (Fsp3) is 0.667. The summed E-state index contributed by atoms with van der Waals surface area (Å²) in [5.74, 6) is 0.912. The number of hydrogen-bond donors (Lipinski definition) is 2. The molecular formula is C12H21N3OS. The highest BCUT2D eigenvalue weighted by atomic mass is 32.2. The van der Waals surface area contributed by atoms with Gasteiger partial charge < -0.3 is 10.4 Å². The van der Waals surface area contributed by atoms with Gasteiger partial charge in [0.05, 0.1) is 12.8 Å². The van der Waals surface area contributed by atoms with Gasteiger partial charge in [-0.25, -0.2) is 4.98 Å². The highest BCUT2D eigenvalue weighted by molar-refractivity contribution is 7.99. The summed E-state index contributed by atoms with van der Waals surface area (Å²) in [6.07, 6.45) is 6.02. The summed E-state index contributed by atoms with van der Waals surface area (Å²) in [6.45, 7) is 6.36. The van der Waals surface area contributed by atoms with Crippen molar-refractivity contribution in [3.8, 4) is 0 Å². The first-order valence-electron chi connectivity index (χ1n) is 5.83. The molecule has 1 atom stereocenters. The van der Waals surface area contributed by atoms with Gasteiger partial charge in [-0.1, -0.05) is 13.8 Å². The predicted octanol–water partition coefficient (Wildman–Crippen LogP) is 1.71. The minimum Gasteiger partial charge on any atom is -0.394 e. The van der Waals surface area contributed by atoms with E-state index in [2.05, 4.69) is 29.1 Å². The van der Waals surface area contributed by atoms with Crippen LogP contribution >= 0.6 is 11.8 Å². The Morgan fingerprint density at radius 2 is 2.24 bits per heavy atom. The van der Waals surface area contributed by atoms with Crippen LogP contribution in [0.1, 0.15) is 27.2 Å². The van der Waals surface area contributed by atoms with Gasteiger partial charge >= 0.3 is 0 Å². The molecule has 0 radical (unpaired) electrons. The normalized spacial score (nSPS) is 14.9. The second kappa shape index (κ2) is 6.93. The molecule has 0 aliphatic carbocycles. The Kier molecular flexibility index (Phi) is 5.88. The van der Waals surface area contributed by atoms with Crippen molar-refractivity contribution in [1.82, 2.24) is 15.3 Å². The van der Waals surface area contributed by atoms with E-state index in [0.29, 0.717) is 6.04 Å². The summed E-state index contributed by atoms with van der Waals surface area (Å²) in [4.78, 5) is 8.22. The van der Waals surface area contributed by atoms with Crippen LogP contribution in [-0.2, 0) is 0 Å². The van der Waals surface area contributed by atoms with Crippen molar-refractivity contribution in [2.45, 2.75) is 43.8 Å². The van der Waals surface area contributed by atoms with Gasteiger partial charge in [0.25, 0.3) is 0 Å². The highest BCUT2D eigenvalue weighted by Gasteiger charge is 2.23. The van der Waals surface area contributed by atoms with E-state index in [1.54, 1.807) is 30.4 Å². The Morgan fingerprint density at radius 3 is 2.76 bits per heavy atom. The van der Waals surface area contributed by atoms with Crippen LogP contribution in [0.15, 0.2) is 23.6 Å². The summed E-state index contributed by atoms with van der Waals surface area (Å²) < 4.78 is 0. The number of nitrogens with zero attached hydrogens (tertiary/aromatic N) is 2. The molecule has 0 bridgehead atoms. The van der Waals surface area contributed by atoms with E-state index in [-0.39, 0.29) is 12.1 Å². The molecule has 1 heterocycles. The van der Waals surface area contributed by atoms with Crippen LogP contribution in [0.3, 0.4) is 0 Å². The summed E-state index contributed by atoms with van der Waals surface area (Å²) in [7, 11) is 0. The van der Waals surface area contributed by atoms with Crippen molar-refractivity contribution in [2.75, 3.05) is 12.4 Å². The van der Waals surface area contributed by atoms with Gasteiger partial charge in [-0.2, -0.15) is 0 Å². The largest absolute Gasteiger partial charge is 0.394 e. The maximum absolute atomic E-state index is 9.43. The standard InChI is InChI=1S/C12H21N3OS/c1-10(2)15-12(3,9-16)4-7-17-11-8-13-5-6-14-11/h5-6,8,10,15-16H,4,7,9H2,1-3H3. The second-order valence-corrected chi connectivity index (χ2v) is 5.78. The lowest BCUT2D eigenvalue weighted by molar-refractivity contribution is 0.162. The van der Waals surface area contributed by atoms with E-state index >= 15 is 0 Å². The van der Waals surface area contributed by atoms with Gasteiger partial charge in [-0.15, -0.1) is 11.8 Å². The Balaban J connectivity index is 2.38. The molecule has 0 saturated heterocycles. The molecule has 1 unspecified atom stereocenters. The SMILES string of the molecule is CC(C)NC(C)(CO)CCSc1cnccn1. The number of rotatable bonds is 7. The average Bonchev–Trinajstić information content (AvgIpc) is 2.29. The van der Waals surface area contributed by atoms with E-state index in [0.717, 1.165) is 17.2 Å². The van der Waals surface area contributed by atoms with Gasteiger partial charge in [-0.3, -0.25) is 4.98 Å². The Bertz CT molecular complexity index is 321. The van der Waals surface area contributed by atoms with Crippen molar-refractivity contribution in [3.63, 3.8) is 0 Å². The van der Waals surface area contributed by atoms with E-state index in [4.69, 9.17) is 0 Å². The molecule has 2 N–H and O–H groups in total. The lowest BCUT2D eigenvalue weighted by atomic mass is 9.99. The number of thioether (sulfide) groups is 1. The second-order valence-electron chi connectivity index (χ2n) is 4.66. The van der Waals surface area contributed by atoms with Crippen molar-refractivity contribution in [1.29, 1.82) is 0 Å². The Morgan fingerprint density at radius 1 is 1.47 bits per heavy atom. The van der Waals surface area contributed by atoms with Gasteiger partial charge in [0.2, 0.25) is 0 Å². The van der Waals surface area contributed by atoms with Crippen LogP contribution in [0.4, 0.5) is 0 Å². The summed E-state index contributed by atoms with van der Waals surface area (Å²) in [5.41, 5.74) is -0.219. The Labute approximate surface area is 107 Å². The monoisotopic (exact) mass is 255 g/mol. The zero-order valence-corrected chi connectivity index (χ0v) is 11.5. The van der Waals surface area contributed by atoms with E-state index in [1.165, 1.54) is 0 Å².